The Balaban J connectivity index is 2.35. The number of aliphatic carboxylic acids is 1. The molecule has 1 rings (SSSR count). The normalized spacial score (nSPS) is 11.9. The van der Waals surface area contributed by atoms with Crippen LogP contribution in [-0.2, 0) is 9.59 Å². The first-order valence-corrected chi connectivity index (χ1v) is 5.51. The Morgan fingerprint density at radius 2 is 2.06 bits per heavy atom. The van der Waals surface area contributed by atoms with Gasteiger partial charge in [0, 0.05) is 13.0 Å². The van der Waals surface area contributed by atoms with Crippen LogP contribution in [0.15, 0.2) is 24.3 Å². The summed E-state index contributed by atoms with van der Waals surface area (Å²) in [6, 6.07) is 5.14. The smallest absolute Gasteiger partial charge is 0.320 e. The quantitative estimate of drug-likeness (QED) is 0.713. The third-order valence-corrected chi connectivity index (χ3v) is 2.32. The summed E-state index contributed by atoms with van der Waals surface area (Å²) < 4.78 is 13.2. The van der Waals surface area contributed by atoms with Crippen LogP contribution >= 0.6 is 0 Å². The average molecular weight is 254 g/mol. The van der Waals surface area contributed by atoms with E-state index in [-0.39, 0.29) is 24.6 Å². The fourth-order valence-corrected chi connectivity index (χ4v) is 1.26. The van der Waals surface area contributed by atoms with Gasteiger partial charge in [-0.1, -0.05) is 12.1 Å². The van der Waals surface area contributed by atoms with Gasteiger partial charge in [-0.25, -0.2) is 4.39 Å². The number of carboxylic acids is 1. The zero-order chi connectivity index (χ0) is 13.5. The molecule has 0 spiro atoms. The predicted octanol–water partition coefficient (Wildman–Crippen LogP) is 1.22. The summed E-state index contributed by atoms with van der Waals surface area (Å²) in [5.41, 5.74) is 0.119. The average Bonchev–Trinajstić information content (AvgIpc) is 2.32. The Labute approximate surface area is 104 Å². The molecule has 1 aromatic carbocycles. The minimum absolute atomic E-state index is 0.0754. The molecule has 1 unspecified atom stereocenters. The van der Waals surface area contributed by atoms with E-state index >= 15 is 0 Å². The van der Waals surface area contributed by atoms with Crippen LogP contribution in [0, 0.1) is 5.82 Å². The first kappa shape index (κ1) is 14.1. The lowest BCUT2D eigenvalue weighted by Gasteiger charge is -2.09. The second-order valence-electron chi connectivity index (χ2n) is 3.79. The van der Waals surface area contributed by atoms with Crippen LogP contribution in [0.2, 0.25) is 0 Å². The summed E-state index contributed by atoms with van der Waals surface area (Å²) in [5.74, 6) is -1.85. The summed E-state index contributed by atoms with van der Waals surface area (Å²) in [7, 11) is 0. The van der Waals surface area contributed by atoms with Crippen molar-refractivity contribution in [3.05, 3.63) is 30.1 Å². The van der Waals surface area contributed by atoms with Gasteiger partial charge in [0.05, 0.1) is 5.69 Å². The molecule has 0 aromatic heterocycles. The number of carbonyl (C=O) groups is 2. The number of para-hydroxylation sites is 1. The van der Waals surface area contributed by atoms with Gasteiger partial charge < -0.3 is 15.7 Å². The lowest BCUT2D eigenvalue weighted by molar-refractivity contribution is -0.139. The van der Waals surface area contributed by atoms with Crippen LogP contribution in [0.4, 0.5) is 10.1 Å². The second-order valence-corrected chi connectivity index (χ2v) is 3.79. The number of carbonyl (C=O) groups excluding carboxylic acids is 1. The van der Waals surface area contributed by atoms with E-state index in [2.05, 4.69) is 10.6 Å². The molecule has 1 aromatic rings. The van der Waals surface area contributed by atoms with Gasteiger partial charge in [-0.05, 0) is 19.1 Å². The maximum atomic E-state index is 13.2. The minimum Gasteiger partial charge on any atom is -0.480 e. The molecule has 5 nitrogen and oxygen atoms in total. The number of benzene rings is 1. The zero-order valence-electron chi connectivity index (χ0n) is 9.94. The molecule has 6 heteroatoms. The number of anilines is 1. The summed E-state index contributed by atoms with van der Waals surface area (Å²) >= 11 is 0. The Morgan fingerprint density at radius 3 is 2.67 bits per heavy atom. The highest BCUT2D eigenvalue weighted by atomic mass is 19.1. The van der Waals surface area contributed by atoms with Gasteiger partial charge in [0.2, 0.25) is 5.91 Å². The molecule has 0 aliphatic heterocycles. The Morgan fingerprint density at radius 1 is 1.39 bits per heavy atom. The van der Waals surface area contributed by atoms with Gasteiger partial charge in [-0.15, -0.1) is 0 Å². The van der Waals surface area contributed by atoms with E-state index in [0.717, 1.165) is 0 Å². The van der Waals surface area contributed by atoms with E-state index < -0.39 is 17.8 Å². The molecule has 18 heavy (non-hydrogen) atoms. The third-order valence-electron chi connectivity index (χ3n) is 2.32. The second kappa shape index (κ2) is 6.70. The molecular formula is C12H15FN2O3. The molecule has 0 fully saturated rings. The molecule has 0 saturated heterocycles. The molecule has 3 N–H and O–H groups in total. The molecule has 0 bridgehead atoms. The number of halogens is 1. The van der Waals surface area contributed by atoms with Crippen LogP contribution in [0.3, 0.4) is 0 Å². The van der Waals surface area contributed by atoms with Crippen LogP contribution in [-0.4, -0.2) is 29.6 Å². The number of carboxylic acid groups (broad SMARTS) is 1. The first-order valence-electron chi connectivity index (χ1n) is 5.51. The van der Waals surface area contributed by atoms with E-state index in [1.165, 1.54) is 25.1 Å². The highest BCUT2D eigenvalue weighted by Gasteiger charge is 2.11. The molecule has 0 saturated carbocycles. The molecule has 0 aliphatic rings. The van der Waals surface area contributed by atoms with E-state index in [0.29, 0.717) is 0 Å². The number of hydrogen-bond donors (Lipinski definition) is 3. The molecular weight excluding hydrogens is 239 g/mol. The van der Waals surface area contributed by atoms with Crippen molar-refractivity contribution < 1.29 is 19.1 Å². The zero-order valence-corrected chi connectivity index (χ0v) is 9.94. The first-order chi connectivity index (χ1) is 8.50. The lowest BCUT2D eigenvalue weighted by atomic mass is 10.3. The van der Waals surface area contributed by atoms with Gasteiger partial charge in [0.25, 0.3) is 0 Å². The lowest BCUT2D eigenvalue weighted by Crippen LogP contribution is -2.35. The van der Waals surface area contributed by atoms with Gasteiger partial charge in [0.15, 0.2) is 0 Å². The van der Waals surface area contributed by atoms with Crippen LogP contribution in [0.5, 0.6) is 0 Å². The molecule has 1 amide bonds. The molecule has 1 atom stereocenters. The molecule has 98 valence electrons. The van der Waals surface area contributed by atoms with E-state index in [1.807, 2.05) is 0 Å². The topological polar surface area (TPSA) is 78.4 Å². The minimum atomic E-state index is -0.982. The third kappa shape index (κ3) is 4.50. The summed E-state index contributed by atoms with van der Waals surface area (Å²) in [4.78, 5) is 21.9. The number of hydrogen-bond acceptors (Lipinski definition) is 3. The summed E-state index contributed by atoms with van der Waals surface area (Å²) in [6.07, 6.45) is 0.0754. The number of amides is 1. The van der Waals surface area contributed by atoms with E-state index in [4.69, 9.17) is 5.11 Å². The van der Waals surface area contributed by atoms with Crippen LogP contribution in [0.1, 0.15) is 13.3 Å². The Bertz CT molecular complexity index is 437. The largest absolute Gasteiger partial charge is 0.480 e. The van der Waals surface area contributed by atoms with Crippen molar-refractivity contribution in [3.63, 3.8) is 0 Å². The van der Waals surface area contributed by atoms with Crippen molar-refractivity contribution in [1.82, 2.24) is 5.32 Å². The van der Waals surface area contributed by atoms with Crippen molar-refractivity contribution in [1.29, 1.82) is 0 Å². The Hall–Kier alpha value is -1.95. The van der Waals surface area contributed by atoms with Crippen LogP contribution in [0.25, 0.3) is 0 Å². The maximum absolute atomic E-state index is 13.2. The fraction of sp³-hybridized carbons (Fsp3) is 0.333. The predicted molar refractivity (Wildman–Crippen MR) is 64.7 cm³/mol. The van der Waals surface area contributed by atoms with Crippen molar-refractivity contribution in [2.45, 2.75) is 19.4 Å². The number of nitrogens with one attached hydrogen (secondary N) is 2. The van der Waals surface area contributed by atoms with Crippen molar-refractivity contribution in [2.75, 3.05) is 11.9 Å². The highest BCUT2D eigenvalue weighted by Crippen LogP contribution is 2.12. The highest BCUT2D eigenvalue weighted by molar-refractivity contribution is 5.90. The number of rotatable bonds is 6. The standard InChI is InChI=1S/C12H15FN2O3/c1-8(12(17)18)14-7-6-11(16)15-10-5-3-2-4-9(10)13/h2-5,8,14H,6-7H2,1H3,(H,15,16)(H,17,18). The monoisotopic (exact) mass is 254 g/mol. The molecule has 0 heterocycles. The maximum Gasteiger partial charge on any atom is 0.320 e. The molecule has 0 aliphatic carbocycles. The van der Waals surface area contributed by atoms with Gasteiger partial charge in [-0.3, -0.25) is 9.59 Å². The Kier molecular flexibility index (Phi) is 5.26. The van der Waals surface area contributed by atoms with Crippen molar-refractivity contribution >= 4 is 17.6 Å². The van der Waals surface area contributed by atoms with E-state index in [9.17, 15) is 14.0 Å². The van der Waals surface area contributed by atoms with Gasteiger partial charge in [-0.2, -0.15) is 0 Å². The van der Waals surface area contributed by atoms with Gasteiger partial charge >= 0.3 is 5.97 Å². The van der Waals surface area contributed by atoms with Crippen molar-refractivity contribution in [2.24, 2.45) is 0 Å². The summed E-state index contributed by atoms with van der Waals surface area (Å²) in [5, 5.41) is 13.7. The van der Waals surface area contributed by atoms with Gasteiger partial charge in [0.1, 0.15) is 11.9 Å². The van der Waals surface area contributed by atoms with Crippen molar-refractivity contribution in [3.8, 4) is 0 Å². The van der Waals surface area contributed by atoms with Crippen LogP contribution < -0.4 is 10.6 Å². The fourth-order valence-electron chi connectivity index (χ4n) is 1.26. The van der Waals surface area contributed by atoms with E-state index in [1.54, 1.807) is 6.07 Å². The summed E-state index contributed by atoms with van der Waals surface area (Å²) in [6.45, 7) is 1.70. The SMILES string of the molecule is CC(NCCC(=O)Nc1ccccc1F)C(=O)O. The molecule has 0 radical (unpaired) electrons.